The fourth-order valence-corrected chi connectivity index (χ4v) is 4.01. The third-order valence-electron chi connectivity index (χ3n) is 2.85. The molecule has 0 aliphatic heterocycles. The number of rotatable bonds is 3. The van der Waals surface area contributed by atoms with Crippen LogP contribution in [0.15, 0.2) is 35.7 Å². The van der Waals surface area contributed by atoms with Crippen LogP contribution in [0.5, 0.6) is 0 Å². The van der Waals surface area contributed by atoms with Crippen molar-refractivity contribution < 1.29 is 14.7 Å². The molecule has 2 N–H and O–H groups in total. The van der Waals surface area contributed by atoms with Crippen molar-refractivity contribution in [2.24, 2.45) is 0 Å². The summed E-state index contributed by atoms with van der Waals surface area (Å²) in [6, 6.07) is 9.02. The van der Waals surface area contributed by atoms with Crippen LogP contribution < -0.4 is 5.32 Å². The number of halogens is 1. The van der Waals surface area contributed by atoms with Crippen molar-refractivity contribution in [1.82, 2.24) is 0 Å². The molecule has 0 aliphatic rings. The van der Waals surface area contributed by atoms with Gasteiger partial charge >= 0.3 is 5.97 Å². The third-order valence-corrected chi connectivity index (χ3v) is 5.43. The quantitative estimate of drug-likeness (QED) is 0.735. The SMILES string of the molecule is O=C(O)c1sccc1NC(=O)c1sc2ccccc2c1Cl. The first-order valence-electron chi connectivity index (χ1n) is 5.87. The molecule has 0 bridgehead atoms. The van der Waals surface area contributed by atoms with E-state index in [0.29, 0.717) is 9.90 Å². The number of amides is 1. The van der Waals surface area contributed by atoms with Crippen LogP contribution in [0.2, 0.25) is 5.02 Å². The molecular formula is C14H8ClNO3S2. The summed E-state index contributed by atoms with van der Waals surface area (Å²) in [6.45, 7) is 0. The summed E-state index contributed by atoms with van der Waals surface area (Å²) < 4.78 is 0.913. The number of carboxylic acid groups (broad SMARTS) is 1. The normalized spacial score (nSPS) is 10.7. The molecular weight excluding hydrogens is 330 g/mol. The Morgan fingerprint density at radius 1 is 1.14 bits per heavy atom. The van der Waals surface area contributed by atoms with Gasteiger partial charge in [0.15, 0.2) is 0 Å². The Hall–Kier alpha value is -1.89. The van der Waals surface area contributed by atoms with Crippen LogP contribution in [-0.4, -0.2) is 17.0 Å². The Morgan fingerprint density at radius 3 is 2.62 bits per heavy atom. The number of fused-ring (bicyclic) bond motifs is 1. The van der Waals surface area contributed by atoms with E-state index in [1.807, 2.05) is 24.3 Å². The highest BCUT2D eigenvalue weighted by Gasteiger charge is 2.19. The highest BCUT2D eigenvalue weighted by atomic mass is 35.5. The Balaban J connectivity index is 1.96. The minimum absolute atomic E-state index is 0.0978. The van der Waals surface area contributed by atoms with Gasteiger partial charge in [-0.05, 0) is 17.5 Å². The van der Waals surface area contributed by atoms with Crippen LogP contribution in [0, 0.1) is 0 Å². The molecule has 0 saturated heterocycles. The number of hydrogen-bond donors (Lipinski definition) is 2. The Kier molecular flexibility index (Phi) is 3.67. The van der Waals surface area contributed by atoms with Gasteiger partial charge in [-0.25, -0.2) is 4.79 Å². The average Bonchev–Trinajstić information content (AvgIpc) is 3.04. The molecule has 3 aromatic rings. The van der Waals surface area contributed by atoms with Gasteiger partial charge in [0.05, 0.1) is 10.7 Å². The van der Waals surface area contributed by atoms with Gasteiger partial charge in [0.1, 0.15) is 9.75 Å². The standard InChI is InChI=1S/C14H8ClNO3S2/c15-10-7-3-1-2-4-9(7)21-12(10)13(17)16-8-5-6-20-11(8)14(18)19/h1-6H,(H,16,17)(H,18,19). The largest absolute Gasteiger partial charge is 0.477 e. The second-order valence-electron chi connectivity index (χ2n) is 4.16. The fourth-order valence-electron chi connectivity index (χ4n) is 1.91. The molecule has 2 aromatic heterocycles. The Morgan fingerprint density at radius 2 is 1.90 bits per heavy atom. The van der Waals surface area contributed by atoms with E-state index in [1.54, 1.807) is 11.4 Å². The number of anilines is 1. The molecule has 2 heterocycles. The molecule has 0 fully saturated rings. The van der Waals surface area contributed by atoms with Gasteiger partial charge in [-0.2, -0.15) is 0 Å². The van der Waals surface area contributed by atoms with Gasteiger partial charge in [-0.15, -0.1) is 22.7 Å². The topological polar surface area (TPSA) is 66.4 Å². The molecule has 1 amide bonds. The van der Waals surface area contributed by atoms with E-state index in [1.165, 1.54) is 11.3 Å². The summed E-state index contributed by atoms with van der Waals surface area (Å²) >= 11 is 8.57. The van der Waals surface area contributed by atoms with E-state index >= 15 is 0 Å². The minimum atomic E-state index is -1.07. The van der Waals surface area contributed by atoms with E-state index < -0.39 is 11.9 Å². The lowest BCUT2D eigenvalue weighted by Crippen LogP contribution is -2.12. The number of carboxylic acids is 1. The second kappa shape index (κ2) is 5.48. The van der Waals surface area contributed by atoms with Crippen molar-refractivity contribution in [1.29, 1.82) is 0 Å². The first-order valence-corrected chi connectivity index (χ1v) is 7.94. The van der Waals surface area contributed by atoms with Crippen LogP contribution in [-0.2, 0) is 0 Å². The van der Waals surface area contributed by atoms with Crippen molar-refractivity contribution in [3.63, 3.8) is 0 Å². The van der Waals surface area contributed by atoms with E-state index in [-0.39, 0.29) is 10.6 Å². The zero-order valence-corrected chi connectivity index (χ0v) is 12.8. The molecule has 3 rings (SSSR count). The van der Waals surface area contributed by atoms with Crippen molar-refractivity contribution in [3.05, 3.63) is 50.5 Å². The summed E-state index contributed by atoms with van der Waals surface area (Å²) in [5.74, 6) is -1.47. The van der Waals surface area contributed by atoms with Crippen molar-refractivity contribution in [2.45, 2.75) is 0 Å². The molecule has 1 aromatic carbocycles. The number of carbonyl (C=O) groups excluding carboxylic acids is 1. The lowest BCUT2D eigenvalue weighted by Gasteiger charge is -2.03. The highest BCUT2D eigenvalue weighted by Crippen LogP contribution is 2.35. The number of thiophene rings is 2. The van der Waals surface area contributed by atoms with E-state index in [2.05, 4.69) is 5.32 Å². The van der Waals surface area contributed by atoms with Gasteiger partial charge in [0.25, 0.3) is 5.91 Å². The lowest BCUT2D eigenvalue weighted by molar-refractivity contribution is 0.0703. The van der Waals surface area contributed by atoms with Crippen LogP contribution in [0.4, 0.5) is 5.69 Å². The lowest BCUT2D eigenvalue weighted by atomic mass is 10.2. The van der Waals surface area contributed by atoms with Crippen LogP contribution in [0.25, 0.3) is 10.1 Å². The van der Waals surface area contributed by atoms with Crippen LogP contribution in [0.1, 0.15) is 19.3 Å². The maximum Gasteiger partial charge on any atom is 0.348 e. The molecule has 4 nitrogen and oxygen atoms in total. The molecule has 0 spiro atoms. The zero-order valence-electron chi connectivity index (χ0n) is 10.4. The second-order valence-corrected chi connectivity index (χ2v) is 6.51. The van der Waals surface area contributed by atoms with Crippen LogP contribution >= 0.6 is 34.3 Å². The van der Waals surface area contributed by atoms with Gasteiger partial charge < -0.3 is 10.4 Å². The predicted molar refractivity (Wildman–Crippen MR) is 86.1 cm³/mol. The molecule has 7 heteroatoms. The molecule has 0 unspecified atom stereocenters. The average molecular weight is 338 g/mol. The maximum absolute atomic E-state index is 12.3. The third kappa shape index (κ3) is 2.53. The van der Waals surface area contributed by atoms with E-state index in [9.17, 15) is 9.59 Å². The van der Waals surface area contributed by atoms with Crippen molar-refractivity contribution in [2.75, 3.05) is 5.32 Å². The summed E-state index contributed by atoms with van der Waals surface area (Å²) in [5.41, 5.74) is 0.283. The smallest absolute Gasteiger partial charge is 0.348 e. The summed E-state index contributed by atoms with van der Waals surface area (Å²) in [7, 11) is 0. The molecule has 21 heavy (non-hydrogen) atoms. The number of aromatic carboxylic acids is 1. The van der Waals surface area contributed by atoms with Crippen LogP contribution in [0.3, 0.4) is 0 Å². The zero-order chi connectivity index (χ0) is 15.0. The van der Waals surface area contributed by atoms with Gasteiger partial charge in [0, 0.05) is 10.1 Å². The monoisotopic (exact) mass is 337 g/mol. The van der Waals surface area contributed by atoms with E-state index in [0.717, 1.165) is 21.4 Å². The van der Waals surface area contributed by atoms with E-state index in [4.69, 9.17) is 16.7 Å². The number of carbonyl (C=O) groups is 2. The number of benzene rings is 1. The molecule has 0 radical (unpaired) electrons. The summed E-state index contributed by atoms with van der Waals surface area (Å²) in [4.78, 5) is 23.8. The first-order chi connectivity index (χ1) is 10.1. The Bertz CT molecular complexity index is 853. The Labute approximate surface area is 132 Å². The van der Waals surface area contributed by atoms with Gasteiger partial charge in [0.2, 0.25) is 0 Å². The maximum atomic E-state index is 12.3. The summed E-state index contributed by atoms with van der Waals surface area (Å²) in [6.07, 6.45) is 0. The van der Waals surface area contributed by atoms with Gasteiger partial charge in [-0.3, -0.25) is 4.79 Å². The first kappa shape index (κ1) is 14.1. The highest BCUT2D eigenvalue weighted by molar-refractivity contribution is 7.21. The summed E-state index contributed by atoms with van der Waals surface area (Å²) in [5, 5.41) is 14.5. The molecule has 106 valence electrons. The minimum Gasteiger partial charge on any atom is -0.477 e. The van der Waals surface area contributed by atoms with Gasteiger partial charge in [-0.1, -0.05) is 29.8 Å². The number of hydrogen-bond acceptors (Lipinski definition) is 4. The predicted octanol–water partition coefficient (Wildman–Crippen LogP) is 4.57. The molecule has 0 saturated carbocycles. The fraction of sp³-hybridized carbons (Fsp3) is 0. The van der Waals surface area contributed by atoms with Crippen molar-refractivity contribution >= 4 is 61.9 Å². The molecule has 0 atom stereocenters. The number of nitrogens with one attached hydrogen (secondary N) is 1. The molecule has 0 aliphatic carbocycles. The van der Waals surface area contributed by atoms with Crippen molar-refractivity contribution in [3.8, 4) is 0 Å².